The number of hydrogen-bond donors (Lipinski definition) is 2. The van der Waals surface area contributed by atoms with Crippen molar-refractivity contribution in [2.24, 2.45) is 5.41 Å². The highest BCUT2D eigenvalue weighted by Crippen LogP contribution is 2.25. The van der Waals surface area contributed by atoms with Crippen molar-refractivity contribution in [1.29, 1.82) is 0 Å². The number of hydrogen-bond acceptors (Lipinski definition) is 6. The fourth-order valence-electron chi connectivity index (χ4n) is 3.07. The Labute approximate surface area is 192 Å². The number of carbonyl (C=O) groups is 1. The van der Waals surface area contributed by atoms with Crippen LogP contribution in [0, 0.1) is 5.41 Å². The van der Waals surface area contributed by atoms with Gasteiger partial charge in [0.2, 0.25) is 0 Å². The summed E-state index contributed by atoms with van der Waals surface area (Å²) in [5, 5.41) is 6.35. The van der Waals surface area contributed by atoms with Gasteiger partial charge >= 0.3 is 0 Å². The van der Waals surface area contributed by atoms with Crippen LogP contribution in [0.15, 0.2) is 24.4 Å². The zero-order chi connectivity index (χ0) is 19.7. The Kier molecular flexibility index (Phi) is 8.50. The van der Waals surface area contributed by atoms with Gasteiger partial charge in [-0.25, -0.2) is 4.98 Å². The molecule has 1 saturated heterocycles. The molecule has 2 aromatic heterocycles. The van der Waals surface area contributed by atoms with Gasteiger partial charge in [0.05, 0.1) is 24.2 Å². The maximum absolute atomic E-state index is 12.4. The van der Waals surface area contributed by atoms with Crippen LogP contribution in [0.3, 0.4) is 0 Å². The van der Waals surface area contributed by atoms with Gasteiger partial charge in [-0.3, -0.25) is 9.20 Å². The molecule has 0 bridgehead atoms. The van der Waals surface area contributed by atoms with Gasteiger partial charge in [0.15, 0.2) is 11.3 Å². The number of rotatable bonds is 6. The van der Waals surface area contributed by atoms with Gasteiger partial charge in [0.25, 0.3) is 5.91 Å². The maximum atomic E-state index is 12.4. The van der Waals surface area contributed by atoms with E-state index in [9.17, 15) is 4.79 Å². The molecule has 4 rings (SSSR count). The number of thiazole rings is 1. The zero-order valence-electron chi connectivity index (χ0n) is 17.3. The number of aromatic nitrogens is 2. The van der Waals surface area contributed by atoms with Crippen LogP contribution in [0.25, 0.3) is 16.0 Å². The number of amides is 1. The number of nitrogens with zero attached hydrogens (tertiary/aromatic N) is 2. The smallest absolute Gasteiger partial charge is 0.263 e. The molecule has 3 aromatic rings. The fourth-order valence-corrected chi connectivity index (χ4v) is 3.98. The first-order chi connectivity index (χ1) is 13.4. The quantitative estimate of drug-likeness (QED) is 0.570. The van der Waals surface area contributed by atoms with Crippen molar-refractivity contribution < 1.29 is 14.3 Å². The third-order valence-corrected chi connectivity index (χ3v) is 5.48. The lowest BCUT2D eigenvalue weighted by Gasteiger charge is -2.18. The van der Waals surface area contributed by atoms with E-state index in [2.05, 4.69) is 49.6 Å². The van der Waals surface area contributed by atoms with Crippen LogP contribution in [-0.4, -0.2) is 47.9 Å². The molecule has 1 fully saturated rings. The molecule has 1 amide bonds. The Morgan fingerprint density at radius 1 is 1.27 bits per heavy atom. The predicted octanol–water partition coefficient (Wildman–Crippen LogP) is 3.63. The lowest BCUT2D eigenvalue weighted by Crippen LogP contribution is -2.31. The van der Waals surface area contributed by atoms with Crippen molar-refractivity contribution in [1.82, 2.24) is 20.0 Å². The van der Waals surface area contributed by atoms with Gasteiger partial charge in [-0.1, -0.05) is 38.2 Å². The molecule has 0 saturated carbocycles. The van der Waals surface area contributed by atoms with Gasteiger partial charge in [-0.2, -0.15) is 0 Å². The standard InChI is InChI=1S/C20H26N4O3S.2ClH/c1-20(2,3)12-22-18(25)16-11-24-15-5-4-13(8-14(15)23-19(24)28-16)9-21-10-17-26-6-7-27-17;;/h4-5,8,11,17,21H,6-7,9-10,12H2,1-3H3,(H,22,25);2*1H. The molecule has 1 aromatic carbocycles. The van der Waals surface area contributed by atoms with Gasteiger partial charge < -0.3 is 20.1 Å². The molecule has 1 aliphatic heterocycles. The number of ether oxygens (including phenoxy) is 2. The maximum Gasteiger partial charge on any atom is 0.263 e. The van der Waals surface area contributed by atoms with Gasteiger partial charge in [-0.05, 0) is 23.1 Å². The van der Waals surface area contributed by atoms with Crippen LogP contribution in [0.5, 0.6) is 0 Å². The molecule has 0 atom stereocenters. The predicted molar refractivity (Wildman–Crippen MR) is 124 cm³/mol. The van der Waals surface area contributed by atoms with Crippen molar-refractivity contribution in [2.75, 3.05) is 26.3 Å². The lowest BCUT2D eigenvalue weighted by molar-refractivity contribution is -0.0392. The van der Waals surface area contributed by atoms with Crippen molar-refractivity contribution in [3.8, 4) is 0 Å². The average molecular weight is 475 g/mol. The average Bonchev–Trinajstić information content (AvgIpc) is 3.34. The highest BCUT2D eigenvalue weighted by atomic mass is 35.5. The molecule has 3 heterocycles. The van der Waals surface area contributed by atoms with E-state index in [1.807, 2.05) is 10.6 Å². The zero-order valence-corrected chi connectivity index (χ0v) is 19.7. The Morgan fingerprint density at radius 3 is 2.70 bits per heavy atom. The van der Waals surface area contributed by atoms with E-state index in [1.54, 1.807) is 0 Å². The summed E-state index contributed by atoms with van der Waals surface area (Å²) < 4.78 is 12.8. The first kappa shape index (κ1) is 24.8. The van der Waals surface area contributed by atoms with Crippen LogP contribution >= 0.6 is 36.2 Å². The molecule has 30 heavy (non-hydrogen) atoms. The van der Waals surface area contributed by atoms with Crippen molar-refractivity contribution in [3.05, 3.63) is 34.8 Å². The van der Waals surface area contributed by atoms with Crippen LogP contribution in [-0.2, 0) is 16.0 Å². The Hall–Kier alpha value is -1.42. The first-order valence-electron chi connectivity index (χ1n) is 9.52. The SMILES string of the molecule is CC(C)(C)CNC(=O)c1cn2c(nc3cc(CNCC4OCCO4)ccc32)s1.Cl.Cl. The summed E-state index contributed by atoms with van der Waals surface area (Å²) in [6.07, 6.45) is 1.73. The van der Waals surface area contributed by atoms with E-state index >= 15 is 0 Å². The normalized spacial score (nSPS) is 14.6. The van der Waals surface area contributed by atoms with E-state index in [1.165, 1.54) is 11.3 Å². The minimum absolute atomic E-state index is 0. The monoisotopic (exact) mass is 474 g/mol. The van der Waals surface area contributed by atoms with E-state index in [0.29, 0.717) is 31.2 Å². The van der Waals surface area contributed by atoms with Gasteiger partial charge in [0, 0.05) is 25.8 Å². The second kappa shape index (κ2) is 10.3. The van der Waals surface area contributed by atoms with E-state index in [-0.39, 0.29) is 42.4 Å². The number of imidazole rings is 1. The summed E-state index contributed by atoms with van der Waals surface area (Å²) in [6.45, 7) is 9.67. The van der Waals surface area contributed by atoms with Crippen LogP contribution < -0.4 is 10.6 Å². The highest BCUT2D eigenvalue weighted by Gasteiger charge is 2.18. The van der Waals surface area contributed by atoms with Crippen LogP contribution in [0.4, 0.5) is 0 Å². The molecule has 0 radical (unpaired) electrons. The number of nitrogens with one attached hydrogen (secondary N) is 2. The molecular formula is C20H28Cl2N4O3S. The number of fused-ring (bicyclic) bond motifs is 3. The van der Waals surface area contributed by atoms with Crippen LogP contribution in [0.1, 0.15) is 36.0 Å². The molecule has 10 heteroatoms. The molecule has 2 N–H and O–H groups in total. The van der Waals surface area contributed by atoms with Gasteiger partial charge in [0.1, 0.15) is 4.88 Å². The molecule has 166 valence electrons. The molecular weight excluding hydrogens is 447 g/mol. The first-order valence-corrected chi connectivity index (χ1v) is 10.3. The van der Waals surface area contributed by atoms with E-state index in [4.69, 9.17) is 14.5 Å². The summed E-state index contributed by atoms with van der Waals surface area (Å²) >= 11 is 1.41. The van der Waals surface area contributed by atoms with E-state index < -0.39 is 0 Å². The van der Waals surface area contributed by atoms with Crippen LogP contribution in [0.2, 0.25) is 0 Å². The van der Waals surface area contributed by atoms with Gasteiger partial charge in [-0.15, -0.1) is 24.8 Å². The largest absolute Gasteiger partial charge is 0.351 e. The Balaban J connectivity index is 0.00000160. The number of benzene rings is 1. The Bertz CT molecular complexity index is 993. The lowest BCUT2D eigenvalue weighted by atomic mass is 9.97. The number of carbonyl (C=O) groups excluding carboxylic acids is 1. The minimum atomic E-state index is -0.149. The summed E-state index contributed by atoms with van der Waals surface area (Å²) in [4.78, 5) is 18.6. The summed E-state index contributed by atoms with van der Waals surface area (Å²) in [5.41, 5.74) is 3.15. The summed E-state index contributed by atoms with van der Waals surface area (Å²) in [6, 6.07) is 6.22. The van der Waals surface area contributed by atoms with Crippen molar-refractivity contribution in [2.45, 2.75) is 33.6 Å². The third-order valence-electron chi connectivity index (χ3n) is 4.50. The second-order valence-electron chi connectivity index (χ2n) is 8.23. The third kappa shape index (κ3) is 5.84. The topological polar surface area (TPSA) is 76.9 Å². The van der Waals surface area contributed by atoms with E-state index in [0.717, 1.165) is 28.1 Å². The molecule has 7 nitrogen and oxygen atoms in total. The second-order valence-corrected chi connectivity index (χ2v) is 9.24. The minimum Gasteiger partial charge on any atom is -0.351 e. The molecule has 0 spiro atoms. The summed E-state index contributed by atoms with van der Waals surface area (Å²) in [7, 11) is 0. The highest BCUT2D eigenvalue weighted by molar-refractivity contribution is 7.18. The number of halogens is 2. The fraction of sp³-hybridized carbons (Fsp3) is 0.500. The summed E-state index contributed by atoms with van der Waals surface area (Å²) in [5.74, 6) is -0.0456. The Morgan fingerprint density at radius 2 is 2.00 bits per heavy atom. The molecule has 1 aliphatic rings. The van der Waals surface area contributed by atoms with Crippen molar-refractivity contribution in [3.63, 3.8) is 0 Å². The van der Waals surface area contributed by atoms with Crippen molar-refractivity contribution >= 4 is 58.1 Å². The molecule has 0 unspecified atom stereocenters. The molecule has 0 aliphatic carbocycles.